The number of aryl methyl sites for hydroxylation is 2. The summed E-state index contributed by atoms with van der Waals surface area (Å²) < 4.78 is 2.40. The van der Waals surface area contributed by atoms with E-state index in [1.807, 2.05) is 0 Å². The predicted octanol–water partition coefficient (Wildman–Crippen LogP) is 13.4. The number of aromatic nitrogens is 1. The molecule has 0 spiro atoms. The fraction of sp³-hybridized carbons (Fsp3) is 0.825. The minimum atomic E-state index is 1.19. The molecule has 0 saturated heterocycles. The lowest BCUT2D eigenvalue weighted by atomic mass is 10.0. The highest BCUT2D eigenvalue weighted by atomic mass is 14.9. The third-order valence-electron chi connectivity index (χ3n) is 8.96. The molecule has 0 bridgehead atoms. The smallest absolute Gasteiger partial charge is 0.169 e. The first-order chi connectivity index (χ1) is 20.4. The molecule has 0 fully saturated rings. The molecule has 0 unspecified atom stereocenters. The van der Waals surface area contributed by atoms with Gasteiger partial charge < -0.3 is 0 Å². The second-order valence-corrected chi connectivity index (χ2v) is 13.1. The Morgan fingerprint density at radius 3 is 1.17 bits per heavy atom. The van der Waals surface area contributed by atoms with Gasteiger partial charge in [0.25, 0.3) is 0 Å². The monoisotopic (exact) mass is 569 g/mol. The highest BCUT2D eigenvalue weighted by molar-refractivity contribution is 5.07. The Labute approximate surface area is 259 Å². The first-order valence-corrected chi connectivity index (χ1v) is 19.0. The lowest BCUT2D eigenvalue weighted by molar-refractivity contribution is -0.697. The summed E-state index contributed by atoms with van der Waals surface area (Å²) in [5.41, 5.74) is 1.52. The van der Waals surface area contributed by atoms with Crippen molar-refractivity contribution in [1.82, 2.24) is 0 Å². The number of allylic oxidation sites excluding steroid dienone is 2. The molecule has 238 valence electrons. The number of hydrogen-bond donors (Lipinski definition) is 0. The molecule has 0 aliphatic heterocycles. The first kappa shape index (κ1) is 37.9. The van der Waals surface area contributed by atoms with Crippen LogP contribution in [0.25, 0.3) is 0 Å². The van der Waals surface area contributed by atoms with Gasteiger partial charge in [-0.2, -0.15) is 0 Å². The molecular weight excluding hydrogens is 494 g/mol. The van der Waals surface area contributed by atoms with E-state index < -0.39 is 0 Å². The summed E-state index contributed by atoms with van der Waals surface area (Å²) >= 11 is 0. The summed E-state index contributed by atoms with van der Waals surface area (Å²) in [5.74, 6) is 0. The van der Waals surface area contributed by atoms with Gasteiger partial charge in [-0.25, -0.2) is 4.57 Å². The second-order valence-electron chi connectivity index (χ2n) is 13.1. The average Bonchev–Trinajstić information content (AvgIpc) is 2.99. The van der Waals surface area contributed by atoms with E-state index in [1.165, 1.54) is 205 Å². The van der Waals surface area contributed by atoms with Crippen LogP contribution in [0.4, 0.5) is 0 Å². The molecule has 0 radical (unpaired) electrons. The molecular formula is C40H74N+. The molecule has 0 amide bonds. The molecule has 0 atom stereocenters. The molecule has 1 aromatic heterocycles. The van der Waals surface area contributed by atoms with Gasteiger partial charge in [0.1, 0.15) is 6.54 Å². The summed E-state index contributed by atoms with van der Waals surface area (Å²) in [6.45, 7) is 5.79. The van der Waals surface area contributed by atoms with Crippen molar-refractivity contribution in [1.29, 1.82) is 0 Å². The third kappa shape index (κ3) is 27.5. The maximum Gasteiger partial charge on any atom is 0.169 e. The number of unbranched alkanes of at least 4 members (excludes halogenated alkanes) is 26. The minimum Gasteiger partial charge on any atom is -0.205 e. The Hall–Kier alpha value is -1.11. The van der Waals surface area contributed by atoms with Crippen molar-refractivity contribution in [2.45, 2.75) is 213 Å². The average molecular weight is 569 g/mol. The predicted molar refractivity (Wildman–Crippen MR) is 185 cm³/mol. The van der Waals surface area contributed by atoms with Gasteiger partial charge in [-0.05, 0) is 50.5 Å². The normalized spacial score (nSPS) is 11.7. The van der Waals surface area contributed by atoms with E-state index in [9.17, 15) is 0 Å². The molecule has 1 heteroatoms. The van der Waals surface area contributed by atoms with E-state index in [4.69, 9.17) is 0 Å². The van der Waals surface area contributed by atoms with Crippen molar-refractivity contribution in [3.05, 3.63) is 42.2 Å². The molecule has 0 aliphatic carbocycles. The Bertz CT molecular complexity index is 645. The van der Waals surface area contributed by atoms with Gasteiger partial charge in [-0.1, -0.05) is 167 Å². The van der Waals surface area contributed by atoms with Gasteiger partial charge in [0.05, 0.1) is 0 Å². The Kier molecular flexibility index (Phi) is 29.4. The van der Waals surface area contributed by atoms with E-state index >= 15 is 0 Å². The summed E-state index contributed by atoms with van der Waals surface area (Å²) in [6.07, 6.45) is 51.7. The second kappa shape index (κ2) is 31.8. The number of nitrogens with zero attached hydrogens (tertiary/aromatic N) is 1. The van der Waals surface area contributed by atoms with Crippen LogP contribution in [0.1, 0.15) is 206 Å². The number of pyridine rings is 1. The zero-order chi connectivity index (χ0) is 29.3. The van der Waals surface area contributed by atoms with Gasteiger partial charge in [0, 0.05) is 18.6 Å². The van der Waals surface area contributed by atoms with Crippen LogP contribution in [-0.2, 0) is 13.0 Å². The highest BCUT2D eigenvalue weighted by Gasteiger charge is 2.02. The van der Waals surface area contributed by atoms with Gasteiger partial charge in [-0.15, -0.1) is 0 Å². The van der Waals surface area contributed by atoms with E-state index in [2.05, 4.69) is 55.1 Å². The minimum absolute atomic E-state index is 1.19. The van der Waals surface area contributed by atoms with Crippen LogP contribution in [0, 0.1) is 0 Å². The van der Waals surface area contributed by atoms with Crippen molar-refractivity contribution in [3.8, 4) is 0 Å². The van der Waals surface area contributed by atoms with Crippen molar-refractivity contribution < 1.29 is 4.57 Å². The Morgan fingerprint density at radius 2 is 0.756 bits per heavy atom. The fourth-order valence-electron chi connectivity index (χ4n) is 6.05. The van der Waals surface area contributed by atoms with Crippen LogP contribution in [0.2, 0.25) is 0 Å². The zero-order valence-corrected chi connectivity index (χ0v) is 28.3. The Balaban J connectivity index is 1.83. The molecule has 41 heavy (non-hydrogen) atoms. The molecule has 1 aromatic rings. The van der Waals surface area contributed by atoms with Crippen LogP contribution in [0.3, 0.4) is 0 Å². The van der Waals surface area contributed by atoms with Crippen LogP contribution in [-0.4, -0.2) is 0 Å². The van der Waals surface area contributed by atoms with Gasteiger partial charge in [0.15, 0.2) is 12.4 Å². The zero-order valence-electron chi connectivity index (χ0n) is 28.3. The molecule has 0 N–H and O–H groups in total. The van der Waals surface area contributed by atoms with Crippen molar-refractivity contribution in [3.63, 3.8) is 0 Å². The molecule has 0 saturated carbocycles. The maximum absolute atomic E-state index is 2.44. The van der Waals surface area contributed by atoms with Crippen molar-refractivity contribution in [2.75, 3.05) is 0 Å². The lowest BCUT2D eigenvalue weighted by Gasteiger charge is -2.04. The molecule has 0 aromatic carbocycles. The standard InChI is InChI=1S/C40H74N/c1-3-5-7-9-11-13-15-17-19-20-21-22-24-26-28-30-32-34-40-35-38-41(39-36-40)37-33-31-29-27-25-23-18-16-14-12-10-8-6-4-2/h17,19,35-36,38-39H,3-16,18,20-34,37H2,1-2H3/q+1/b19-17-. The summed E-state index contributed by atoms with van der Waals surface area (Å²) in [5, 5.41) is 0. The molecule has 0 aliphatic rings. The lowest BCUT2D eigenvalue weighted by Crippen LogP contribution is -2.32. The summed E-state index contributed by atoms with van der Waals surface area (Å²) in [6, 6.07) is 4.73. The molecule has 1 rings (SSSR count). The van der Waals surface area contributed by atoms with Crippen LogP contribution in [0.5, 0.6) is 0 Å². The van der Waals surface area contributed by atoms with Crippen LogP contribution in [0.15, 0.2) is 36.7 Å². The van der Waals surface area contributed by atoms with Crippen LogP contribution >= 0.6 is 0 Å². The number of hydrogen-bond acceptors (Lipinski definition) is 0. The molecule has 1 nitrogen and oxygen atoms in total. The highest BCUT2D eigenvalue weighted by Crippen LogP contribution is 2.14. The quantitative estimate of drug-likeness (QED) is 0.0462. The van der Waals surface area contributed by atoms with Gasteiger partial charge >= 0.3 is 0 Å². The van der Waals surface area contributed by atoms with E-state index in [0.29, 0.717) is 0 Å². The first-order valence-electron chi connectivity index (χ1n) is 19.0. The van der Waals surface area contributed by atoms with Crippen LogP contribution < -0.4 is 4.57 Å². The van der Waals surface area contributed by atoms with E-state index in [1.54, 1.807) is 0 Å². The molecule has 1 heterocycles. The van der Waals surface area contributed by atoms with E-state index in [0.717, 1.165) is 0 Å². The topological polar surface area (TPSA) is 3.88 Å². The fourth-order valence-corrected chi connectivity index (χ4v) is 6.05. The summed E-state index contributed by atoms with van der Waals surface area (Å²) in [7, 11) is 0. The number of rotatable bonds is 32. The third-order valence-corrected chi connectivity index (χ3v) is 8.96. The van der Waals surface area contributed by atoms with E-state index in [-0.39, 0.29) is 0 Å². The van der Waals surface area contributed by atoms with Crippen molar-refractivity contribution >= 4 is 0 Å². The Morgan fingerprint density at radius 1 is 0.415 bits per heavy atom. The van der Waals surface area contributed by atoms with Gasteiger partial charge in [0.2, 0.25) is 0 Å². The SMILES string of the molecule is CCCCCCCC/C=C\CCCCCCCCCc1cc[n+](CCCCCCCCCCCCCCCC)cc1. The maximum atomic E-state index is 2.44. The van der Waals surface area contributed by atoms with Gasteiger partial charge in [-0.3, -0.25) is 0 Å². The van der Waals surface area contributed by atoms with Crippen molar-refractivity contribution in [2.24, 2.45) is 0 Å². The summed E-state index contributed by atoms with van der Waals surface area (Å²) in [4.78, 5) is 0. The largest absolute Gasteiger partial charge is 0.205 e.